The highest BCUT2D eigenvalue weighted by molar-refractivity contribution is 5.95. The lowest BCUT2D eigenvalue weighted by atomic mass is 10.0. The molecular formula is C20H23NO5. The first kappa shape index (κ1) is 17.9. The van der Waals surface area contributed by atoms with E-state index in [0.717, 1.165) is 12.0 Å². The van der Waals surface area contributed by atoms with Gasteiger partial charge in [0, 0.05) is 5.56 Å². The van der Waals surface area contributed by atoms with Crippen LogP contribution in [0.15, 0.2) is 36.4 Å². The molecule has 1 atom stereocenters. The minimum absolute atomic E-state index is 0.143. The topological polar surface area (TPSA) is 66.0 Å². The Morgan fingerprint density at radius 3 is 2.46 bits per heavy atom. The van der Waals surface area contributed by atoms with Crippen molar-refractivity contribution < 1.29 is 23.7 Å². The SMILES string of the molecule is CC[C@H](NC(=O)c1ccc2c(c1)OCCO2)c1ccc(OC)c(OC)c1. The molecule has 0 unspecified atom stereocenters. The van der Waals surface area contributed by atoms with Gasteiger partial charge in [-0.3, -0.25) is 4.79 Å². The van der Waals surface area contributed by atoms with E-state index in [9.17, 15) is 4.79 Å². The van der Waals surface area contributed by atoms with Crippen LogP contribution in [0.2, 0.25) is 0 Å². The van der Waals surface area contributed by atoms with E-state index in [4.69, 9.17) is 18.9 Å². The fourth-order valence-corrected chi connectivity index (χ4v) is 2.92. The van der Waals surface area contributed by atoms with Crippen LogP contribution in [0.5, 0.6) is 23.0 Å². The Kier molecular flexibility index (Phi) is 5.51. The summed E-state index contributed by atoms with van der Waals surface area (Å²) in [5, 5.41) is 3.06. The summed E-state index contributed by atoms with van der Waals surface area (Å²) in [6.45, 7) is 3.03. The molecule has 0 saturated carbocycles. The summed E-state index contributed by atoms with van der Waals surface area (Å²) in [5.74, 6) is 2.40. The van der Waals surface area contributed by atoms with E-state index in [0.29, 0.717) is 41.8 Å². The summed E-state index contributed by atoms with van der Waals surface area (Å²) in [4.78, 5) is 12.7. The van der Waals surface area contributed by atoms with Crippen LogP contribution < -0.4 is 24.3 Å². The molecule has 1 heterocycles. The van der Waals surface area contributed by atoms with Crippen molar-refractivity contribution in [2.45, 2.75) is 19.4 Å². The Bertz CT molecular complexity index is 790. The number of hydrogen-bond acceptors (Lipinski definition) is 5. The molecule has 2 aromatic carbocycles. The number of benzene rings is 2. The van der Waals surface area contributed by atoms with Gasteiger partial charge in [-0.25, -0.2) is 0 Å². The number of carbonyl (C=O) groups excluding carboxylic acids is 1. The Morgan fingerprint density at radius 1 is 1.04 bits per heavy atom. The molecule has 0 bridgehead atoms. The first-order chi connectivity index (χ1) is 12.7. The van der Waals surface area contributed by atoms with Gasteiger partial charge < -0.3 is 24.3 Å². The molecule has 1 N–H and O–H groups in total. The largest absolute Gasteiger partial charge is 0.493 e. The zero-order valence-corrected chi connectivity index (χ0v) is 15.2. The summed E-state index contributed by atoms with van der Waals surface area (Å²) >= 11 is 0. The zero-order chi connectivity index (χ0) is 18.5. The summed E-state index contributed by atoms with van der Waals surface area (Å²) < 4.78 is 21.7. The van der Waals surface area contributed by atoms with E-state index in [1.54, 1.807) is 32.4 Å². The second-order valence-electron chi connectivity index (χ2n) is 5.91. The van der Waals surface area contributed by atoms with Crippen LogP contribution in [0.3, 0.4) is 0 Å². The van der Waals surface area contributed by atoms with Crippen molar-refractivity contribution in [3.8, 4) is 23.0 Å². The highest BCUT2D eigenvalue weighted by atomic mass is 16.6. The number of fused-ring (bicyclic) bond motifs is 1. The number of rotatable bonds is 6. The molecule has 0 saturated heterocycles. The van der Waals surface area contributed by atoms with Gasteiger partial charge >= 0.3 is 0 Å². The predicted octanol–water partition coefficient (Wildman–Crippen LogP) is 3.36. The third-order valence-electron chi connectivity index (χ3n) is 4.33. The van der Waals surface area contributed by atoms with E-state index in [2.05, 4.69) is 5.32 Å². The fourth-order valence-electron chi connectivity index (χ4n) is 2.92. The Hall–Kier alpha value is -2.89. The third kappa shape index (κ3) is 3.69. The van der Waals surface area contributed by atoms with Gasteiger partial charge in [0.2, 0.25) is 0 Å². The van der Waals surface area contributed by atoms with Crippen LogP contribution in [0.4, 0.5) is 0 Å². The number of methoxy groups -OCH3 is 2. The molecule has 0 aromatic heterocycles. The fraction of sp³-hybridized carbons (Fsp3) is 0.350. The first-order valence-electron chi connectivity index (χ1n) is 8.58. The van der Waals surface area contributed by atoms with Crippen molar-refractivity contribution in [2.24, 2.45) is 0 Å². The van der Waals surface area contributed by atoms with Crippen molar-refractivity contribution in [3.05, 3.63) is 47.5 Å². The molecule has 1 amide bonds. The Labute approximate surface area is 153 Å². The third-order valence-corrected chi connectivity index (χ3v) is 4.33. The maximum absolute atomic E-state index is 12.7. The van der Waals surface area contributed by atoms with Gasteiger partial charge in [0.25, 0.3) is 5.91 Å². The second kappa shape index (κ2) is 7.99. The molecule has 2 aromatic rings. The monoisotopic (exact) mass is 357 g/mol. The molecule has 0 radical (unpaired) electrons. The van der Waals surface area contributed by atoms with Crippen LogP contribution in [0, 0.1) is 0 Å². The van der Waals surface area contributed by atoms with Crippen LogP contribution in [0.25, 0.3) is 0 Å². The Morgan fingerprint density at radius 2 is 1.77 bits per heavy atom. The van der Waals surface area contributed by atoms with Gasteiger partial charge in [-0.1, -0.05) is 13.0 Å². The van der Waals surface area contributed by atoms with Crippen LogP contribution in [-0.2, 0) is 0 Å². The normalized spacial score (nSPS) is 13.7. The number of nitrogens with one attached hydrogen (secondary N) is 1. The van der Waals surface area contributed by atoms with E-state index in [1.165, 1.54) is 0 Å². The van der Waals surface area contributed by atoms with E-state index in [-0.39, 0.29) is 11.9 Å². The van der Waals surface area contributed by atoms with Crippen LogP contribution >= 0.6 is 0 Å². The smallest absolute Gasteiger partial charge is 0.251 e. The molecule has 1 aliphatic rings. The molecule has 3 rings (SSSR count). The van der Waals surface area contributed by atoms with Crippen molar-refractivity contribution in [2.75, 3.05) is 27.4 Å². The summed E-state index contributed by atoms with van der Waals surface area (Å²) in [6.07, 6.45) is 0.742. The minimum Gasteiger partial charge on any atom is -0.493 e. The lowest BCUT2D eigenvalue weighted by Gasteiger charge is -2.21. The van der Waals surface area contributed by atoms with E-state index < -0.39 is 0 Å². The van der Waals surface area contributed by atoms with Gasteiger partial charge in [-0.15, -0.1) is 0 Å². The predicted molar refractivity (Wildman–Crippen MR) is 97.5 cm³/mol. The molecule has 0 spiro atoms. The molecule has 26 heavy (non-hydrogen) atoms. The van der Waals surface area contributed by atoms with Crippen molar-refractivity contribution >= 4 is 5.91 Å². The number of amides is 1. The summed E-state index contributed by atoms with van der Waals surface area (Å²) in [6, 6.07) is 10.7. The van der Waals surface area contributed by atoms with Gasteiger partial charge in [-0.2, -0.15) is 0 Å². The van der Waals surface area contributed by atoms with Gasteiger partial charge in [0.05, 0.1) is 20.3 Å². The lowest BCUT2D eigenvalue weighted by molar-refractivity contribution is 0.0934. The van der Waals surface area contributed by atoms with Crippen LogP contribution in [0.1, 0.15) is 35.3 Å². The molecule has 138 valence electrons. The van der Waals surface area contributed by atoms with Crippen molar-refractivity contribution in [1.29, 1.82) is 0 Å². The maximum atomic E-state index is 12.7. The second-order valence-corrected chi connectivity index (χ2v) is 5.91. The summed E-state index contributed by atoms with van der Waals surface area (Å²) in [5.41, 5.74) is 1.49. The number of hydrogen-bond donors (Lipinski definition) is 1. The number of carbonyl (C=O) groups is 1. The van der Waals surface area contributed by atoms with Gasteiger partial charge in [0.15, 0.2) is 23.0 Å². The van der Waals surface area contributed by atoms with Crippen molar-refractivity contribution in [1.82, 2.24) is 5.32 Å². The molecule has 0 fully saturated rings. The highest BCUT2D eigenvalue weighted by Crippen LogP contribution is 2.32. The molecule has 1 aliphatic heterocycles. The van der Waals surface area contributed by atoms with Gasteiger partial charge in [0.1, 0.15) is 13.2 Å². The van der Waals surface area contributed by atoms with Gasteiger partial charge in [-0.05, 0) is 42.3 Å². The summed E-state index contributed by atoms with van der Waals surface area (Å²) in [7, 11) is 3.19. The van der Waals surface area contributed by atoms with E-state index in [1.807, 2.05) is 25.1 Å². The average molecular weight is 357 g/mol. The maximum Gasteiger partial charge on any atom is 0.251 e. The molecule has 6 heteroatoms. The minimum atomic E-state index is -0.163. The zero-order valence-electron chi connectivity index (χ0n) is 15.2. The first-order valence-corrected chi connectivity index (χ1v) is 8.58. The molecule has 6 nitrogen and oxygen atoms in total. The van der Waals surface area contributed by atoms with Crippen LogP contribution in [-0.4, -0.2) is 33.3 Å². The average Bonchev–Trinajstić information content (AvgIpc) is 2.70. The van der Waals surface area contributed by atoms with E-state index >= 15 is 0 Å². The number of ether oxygens (including phenoxy) is 4. The Balaban J connectivity index is 1.78. The lowest BCUT2D eigenvalue weighted by Crippen LogP contribution is -2.28. The highest BCUT2D eigenvalue weighted by Gasteiger charge is 2.19. The standard InChI is InChI=1S/C20H23NO5/c1-4-15(13-5-7-16(23-2)18(11-13)24-3)21-20(22)14-6-8-17-19(12-14)26-10-9-25-17/h5-8,11-12,15H,4,9-10H2,1-3H3,(H,21,22)/t15-/m0/s1. The van der Waals surface area contributed by atoms with Crippen molar-refractivity contribution in [3.63, 3.8) is 0 Å². The quantitative estimate of drug-likeness (QED) is 0.859. The molecular weight excluding hydrogens is 334 g/mol. The molecule has 0 aliphatic carbocycles.